The number of fused-ring (bicyclic) bond motifs is 4. The van der Waals surface area contributed by atoms with Crippen molar-refractivity contribution in [2.75, 3.05) is 14.1 Å². The maximum Gasteiger partial charge on any atom is 0.260 e. The van der Waals surface area contributed by atoms with Crippen molar-refractivity contribution in [3.05, 3.63) is 35.4 Å². The molecule has 1 N–H and O–H groups in total. The Kier molecular flexibility index (Phi) is 4.85. The average molecular weight is 381 g/mol. The summed E-state index contributed by atoms with van der Waals surface area (Å²) in [4.78, 5) is 28.0. The summed E-state index contributed by atoms with van der Waals surface area (Å²) in [6.45, 7) is 3.93. The van der Waals surface area contributed by atoms with Gasteiger partial charge in [-0.05, 0) is 24.0 Å². The van der Waals surface area contributed by atoms with E-state index in [1.807, 2.05) is 38.1 Å². The minimum Gasteiger partial charge on any atom is -0.392 e. The van der Waals surface area contributed by atoms with E-state index in [0.717, 1.165) is 11.1 Å². The number of thioether (sulfide) groups is 2. The number of carbonyl (C=O) groups excluding carboxylic acids is 2. The molecule has 0 spiro atoms. The van der Waals surface area contributed by atoms with Crippen molar-refractivity contribution in [3.8, 4) is 0 Å². The van der Waals surface area contributed by atoms with Crippen molar-refractivity contribution in [1.82, 2.24) is 9.80 Å². The number of piperazine rings is 1. The predicted octanol–water partition coefficient (Wildman–Crippen LogP) is 2.80. The highest BCUT2D eigenvalue weighted by atomic mass is 32.2. The van der Waals surface area contributed by atoms with Crippen LogP contribution in [0.2, 0.25) is 0 Å². The molecule has 2 bridgehead atoms. The highest BCUT2D eigenvalue weighted by Gasteiger charge is 2.64. The summed E-state index contributed by atoms with van der Waals surface area (Å²) in [6, 6.07) is 7.78. The second kappa shape index (κ2) is 6.52. The second-order valence-corrected chi connectivity index (χ2v) is 9.53. The third-order valence-electron chi connectivity index (χ3n) is 5.36. The summed E-state index contributed by atoms with van der Waals surface area (Å²) >= 11 is 3.12. The van der Waals surface area contributed by atoms with Crippen molar-refractivity contribution in [1.29, 1.82) is 0 Å². The number of nitrogens with zero attached hydrogens (tertiary/aromatic N) is 2. The molecule has 3 saturated heterocycles. The lowest BCUT2D eigenvalue weighted by molar-refractivity contribution is -0.163. The number of amides is 2. The van der Waals surface area contributed by atoms with Gasteiger partial charge in [-0.1, -0.05) is 38.1 Å². The van der Waals surface area contributed by atoms with E-state index in [2.05, 4.69) is 0 Å². The van der Waals surface area contributed by atoms with E-state index >= 15 is 0 Å². The van der Waals surface area contributed by atoms with Gasteiger partial charge in [0.1, 0.15) is 0 Å². The first kappa shape index (κ1) is 18.6. The molecule has 3 aliphatic rings. The number of likely N-dealkylation sites (N-methyl/N-ethyl adjacent to an activating group) is 2. The van der Waals surface area contributed by atoms with Crippen LogP contribution in [-0.4, -0.2) is 50.6 Å². The molecular formula is C18H24N2O3S2. The molecule has 0 aliphatic carbocycles. The fraction of sp³-hybridized carbons (Fsp3) is 0.556. The zero-order valence-electron chi connectivity index (χ0n) is 15.0. The van der Waals surface area contributed by atoms with Crippen LogP contribution in [0.15, 0.2) is 24.3 Å². The van der Waals surface area contributed by atoms with Crippen molar-refractivity contribution in [3.63, 3.8) is 0 Å². The van der Waals surface area contributed by atoms with E-state index in [0.29, 0.717) is 12.8 Å². The first-order valence-electron chi connectivity index (χ1n) is 8.48. The lowest BCUT2D eigenvalue weighted by atomic mass is 10.0. The molecule has 2 amide bonds. The maximum absolute atomic E-state index is 13.2. The SMILES string of the molecule is CC[C@@]12SC(c3ccc(CO)cc3)S[C@@](CC)(C(=O)N1C)N(C)C2=O. The average Bonchev–Trinajstić information content (AvgIpc) is 2.81. The Labute approximate surface area is 157 Å². The van der Waals surface area contributed by atoms with Crippen molar-refractivity contribution in [2.45, 2.75) is 47.6 Å². The molecule has 25 heavy (non-hydrogen) atoms. The molecule has 0 aromatic heterocycles. The summed E-state index contributed by atoms with van der Waals surface area (Å²) < 4.78 is -0.0320. The summed E-state index contributed by atoms with van der Waals surface area (Å²) in [7, 11) is 3.51. The quantitative estimate of drug-likeness (QED) is 0.870. The van der Waals surface area contributed by atoms with Gasteiger partial charge in [-0.3, -0.25) is 9.59 Å². The van der Waals surface area contributed by atoms with Crippen molar-refractivity contribution >= 4 is 35.3 Å². The summed E-state index contributed by atoms with van der Waals surface area (Å²) in [5.41, 5.74) is 1.92. The van der Waals surface area contributed by atoms with Gasteiger partial charge >= 0.3 is 0 Å². The molecule has 3 heterocycles. The monoisotopic (exact) mass is 380 g/mol. The summed E-state index contributed by atoms with van der Waals surface area (Å²) in [5.74, 6) is 0.0110. The van der Waals surface area contributed by atoms with E-state index in [1.165, 1.54) is 0 Å². The molecule has 3 aliphatic heterocycles. The minimum atomic E-state index is -0.867. The van der Waals surface area contributed by atoms with Crippen molar-refractivity contribution in [2.24, 2.45) is 0 Å². The van der Waals surface area contributed by atoms with E-state index in [-0.39, 0.29) is 23.0 Å². The Balaban J connectivity index is 2.12. The van der Waals surface area contributed by atoms with Crippen LogP contribution in [0.3, 0.4) is 0 Å². The van der Waals surface area contributed by atoms with Gasteiger partial charge in [0.05, 0.1) is 11.2 Å². The number of rotatable bonds is 4. The maximum atomic E-state index is 13.2. The van der Waals surface area contributed by atoms with Gasteiger partial charge in [0.15, 0.2) is 9.74 Å². The number of aliphatic hydroxyl groups excluding tert-OH is 1. The molecule has 0 saturated carbocycles. The summed E-state index contributed by atoms with van der Waals surface area (Å²) in [6.07, 6.45) is 1.13. The Morgan fingerprint density at radius 1 is 0.960 bits per heavy atom. The van der Waals surface area contributed by atoms with Gasteiger partial charge in [-0.15, -0.1) is 23.5 Å². The van der Waals surface area contributed by atoms with E-state index < -0.39 is 9.74 Å². The van der Waals surface area contributed by atoms with Crippen LogP contribution < -0.4 is 0 Å². The van der Waals surface area contributed by atoms with E-state index in [4.69, 9.17) is 0 Å². The third kappa shape index (κ3) is 2.51. The standard InChI is InChI=1S/C18H24N2O3S2/c1-5-17-15(22)20(4)18(6-2,16(23)19(17)3)25-14(24-17)13-9-7-12(11-21)8-10-13/h7-10,14,21H,5-6,11H2,1-4H3/t17-,18-/m0/s1. The van der Waals surface area contributed by atoms with Gasteiger partial charge in [-0.25, -0.2) is 0 Å². The molecule has 0 unspecified atom stereocenters. The summed E-state index contributed by atoms with van der Waals surface area (Å²) in [5, 5.41) is 9.26. The molecule has 1 aromatic rings. The minimum absolute atomic E-state index is 0.00543. The first-order valence-corrected chi connectivity index (χ1v) is 10.2. The molecule has 2 atom stereocenters. The van der Waals surface area contributed by atoms with Gasteiger partial charge in [0.2, 0.25) is 0 Å². The number of hydrogen-bond donors (Lipinski definition) is 1. The number of carbonyl (C=O) groups is 2. The van der Waals surface area contributed by atoms with Crippen LogP contribution in [-0.2, 0) is 16.2 Å². The fourth-order valence-electron chi connectivity index (χ4n) is 3.64. The van der Waals surface area contributed by atoms with Crippen LogP contribution in [0.4, 0.5) is 0 Å². The number of hydrogen-bond acceptors (Lipinski definition) is 5. The fourth-order valence-corrected chi connectivity index (χ4v) is 7.37. The third-order valence-corrected chi connectivity index (χ3v) is 9.16. The predicted molar refractivity (Wildman–Crippen MR) is 102 cm³/mol. The Morgan fingerprint density at radius 3 is 1.76 bits per heavy atom. The Morgan fingerprint density at radius 2 is 1.40 bits per heavy atom. The van der Waals surface area contributed by atoms with Crippen molar-refractivity contribution < 1.29 is 14.7 Å². The van der Waals surface area contributed by atoms with Crippen LogP contribution in [0.25, 0.3) is 0 Å². The number of aliphatic hydroxyl groups is 1. The molecule has 7 heteroatoms. The zero-order valence-corrected chi connectivity index (χ0v) is 16.6. The topological polar surface area (TPSA) is 60.9 Å². The van der Waals surface area contributed by atoms with Crippen LogP contribution >= 0.6 is 23.5 Å². The molecule has 3 fully saturated rings. The lowest BCUT2D eigenvalue weighted by Crippen LogP contribution is -2.71. The number of benzene rings is 1. The Hall–Kier alpha value is -1.18. The molecule has 1 aromatic carbocycles. The molecule has 0 radical (unpaired) electrons. The van der Waals surface area contributed by atoms with Gasteiger partial charge in [-0.2, -0.15) is 0 Å². The van der Waals surface area contributed by atoms with Gasteiger partial charge in [0.25, 0.3) is 11.8 Å². The lowest BCUT2D eigenvalue weighted by Gasteiger charge is -2.51. The molecule has 136 valence electrons. The Bertz CT molecular complexity index is 660. The first-order chi connectivity index (χ1) is 11.9. The molecular weight excluding hydrogens is 356 g/mol. The highest BCUT2D eigenvalue weighted by molar-refractivity contribution is 8.18. The van der Waals surface area contributed by atoms with Gasteiger partial charge < -0.3 is 14.9 Å². The van der Waals surface area contributed by atoms with Crippen LogP contribution in [0.5, 0.6) is 0 Å². The molecule has 4 rings (SSSR count). The second-order valence-electron chi connectivity index (χ2n) is 6.47. The highest BCUT2D eigenvalue weighted by Crippen LogP contribution is 2.61. The van der Waals surface area contributed by atoms with Crippen LogP contribution in [0, 0.1) is 0 Å². The van der Waals surface area contributed by atoms with E-state index in [1.54, 1.807) is 47.4 Å². The van der Waals surface area contributed by atoms with Gasteiger partial charge in [0, 0.05) is 14.1 Å². The van der Waals surface area contributed by atoms with E-state index in [9.17, 15) is 14.7 Å². The van der Waals surface area contributed by atoms with Crippen LogP contribution in [0.1, 0.15) is 42.4 Å². The molecule has 5 nitrogen and oxygen atoms in total. The smallest absolute Gasteiger partial charge is 0.260 e. The normalized spacial score (nSPS) is 32.3. The zero-order chi connectivity index (χ0) is 18.4. The largest absolute Gasteiger partial charge is 0.392 e.